The summed E-state index contributed by atoms with van der Waals surface area (Å²) < 4.78 is 2.24. The van der Waals surface area contributed by atoms with Gasteiger partial charge < -0.3 is 5.32 Å². The highest BCUT2D eigenvalue weighted by atomic mass is 79.9. The number of amides is 1. The zero-order valence-corrected chi connectivity index (χ0v) is 14.4. The van der Waals surface area contributed by atoms with E-state index < -0.39 is 0 Å². The summed E-state index contributed by atoms with van der Waals surface area (Å²) in [7, 11) is 1.69. The van der Waals surface area contributed by atoms with Crippen molar-refractivity contribution in [3.63, 3.8) is 0 Å². The molecule has 0 aliphatic rings. The second kappa shape index (κ2) is 6.80. The number of aryl methyl sites for hydroxylation is 1. The molecular formula is C18H14BrN3O2. The molecule has 3 rings (SSSR count). The minimum Gasteiger partial charge on any atom is -0.320 e. The zero-order valence-electron chi connectivity index (χ0n) is 12.9. The van der Waals surface area contributed by atoms with Crippen LogP contribution in [-0.2, 0) is 7.05 Å². The molecule has 0 atom stereocenters. The number of nitrogens with one attached hydrogen (secondary N) is 1. The Kier molecular flexibility index (Phi) is 4.57. The lowest BCUT2D eigenvalue weighted by atomic mass is 10.0. The lowest BCUT2D eigenvalue weighted by Gasteiger charge is -2.11. The number of carbonyl (C=O) groups is 2. The fourth-order valence-corrected chi connectivity index (χ4v) is 2.70. The normalized spacial score (nSPS) is 10.4. The van der Waals surface area contributed by atoms with E-state index in [0.717, 1.165) is 4.47 Å². The molecule has 0 fully saturated rings. The molecular weight excluding hydrogens is 370 g/mol. The van der Waals surface area contributed by atoms with Gasteiger partial charge in [-0.1, -0.05) is 46.3 Å². The molecule has 0 aliphatic heterocycles. The van der Waals surface area contributed by atoms with Crippen molar-refractivity contribution < 1.29 is 9.59 Å². The number of hydrogen-bond acceptors (Lipinski definition) is 3. The Morgan fingerprint density at radius 1 is 1.08 bits per heavy atom. The fourth-order valence-electron chi connectivity index (χ4n) is 2.34. The first-order chi connectivity index (χ1) is 11.6. The molecule has 0 bridgehead atoms. The van der Waals surface area contributed by atoms with Crippen molar-refractivity contribution in [2.24, 2.45) is 7.05 Å². The molecule has 1 aromatic heterocycles. The highest BCUT2D eigenvalue weighted by molar-refractivity contribution is 9.10. The van der Waals surface area contributed by atoms with Gasteiger partial charge in [0.05, 0.1) is 5.69 Å². The van der Waals surface area contributed by atoms with E-state index in [9.17, 15) is 9.59 Å². The Labute approximate surface area is 147 Å². The van der Waals surface area contributed by atoms with Crippen LogP contribution in [0.3, 0.4) is 0 Å². The zero-order chi connectivity index (χ0) is 17.1. The monoisotopic (exact) mass is 383 g/mol. The van der Waals surface area contributed by atoms with E-state index in [4.69, 9.17) is 0 Å². The number of rotatable bonds is 4. The van der Waals surface area contributed by atoms with Crippen LogP contribution in [0.15, 0.2) is 65.3 Å². The van der Waals surface area contributed by atoms with E-state index >= 15 is 0 Å². The number of aromatic nitrogens is 2. The topological polar surface area (TPSA) is 64.0 Å². The third kappa shape index (κ3) is 3.28. The minimum absolute atomic E-state index is 0.155. The second-order valence-electron chi connectivity index (χ2n) is 5.18. The number of ketones is 1. The van der Waals surface area contributed by atoms with Gasteiger partial charge >= 0.3 is 0 Å². The van der Waals surface area contributed by atoms with Crippen molar-refractivity contribution in [1.29, 1.82) is 0 Å². The molecule has 0 saturated heterocycles. The first-order valence-electron chi connectivity index (χ1n) is 7.25. The maximum Gasteiger partial charge on any atom is 0.273 e. The van der Waals surface area contributed by atoms with E-state index in [2.05, 4.69) is 26.3 Å². The molecule has 0 radical (unpaired) electrons. The van der Waals surface area contributed by atoms with Gasteiger partial charge in [-0.3, -0.25) is 14.3 Å². The van der Waals surface area contributed by atoms with Crippen LogP contribution in [0.4, 0.5) is 5.69 Å². The van der Waals surface area contributed by atoms with Gasteiger partial charge in [0, 0.05) is 28.8 Å². The first-order valence-corrected chi connectivity index (χ1v) is 8.04. The highest BCUT2D eigenvalue weighted by Gasteiger charge is 2.17. The third-order valence-corrected chi connectivity index (χ3v) is 4.06. The number of anilines is 1. The van der Waals surface area contributed by atoms with Crippen LogP contribution in [0.25, 0.3) is 0 Å². The van der Waals surface area contributed by atoms with Crippen molar-refractivity contribution in [1.82, 2.24) is 9.78 Å². The van der Waals surface area contributed by atoms with Crippen LogP contribution in [0, 0.1) is 0 Å². The summed E-state index contributed by atoms with van der Waals surface area (Å²) in [5.74, 6) is -0.475. The summed E-state index contributed by atoms with van der Waals surface area (Å²) in [4.78, 5) is 25.2. The average molecular weight is 384 g/mol. The lowest BCUT2D eigenvalue weighted by Crippen LogP contribution is -2.18. The van der Waals surface area contributed by atoms with Crippen LogP contribution in [0.2, 0.25) is 0 Å². The number of carbonyl (C=O) groups excluding carboxylic acids is 2. The van der Waals surface area contributed by atoms with Gasteiger partial charge in [0.15, 0.2) is 5.78 Å². The van der Waals surface area contributed by atoms with Crippen molar-refractivity contribution in [2.45, 2.75) is 0 Å². The van der Waals surface area contributed by atoms with Gasteiger partial charge in [0.25, 0.3) is 5.91 Å². The molecule has 24 heavy (non-hydrogen) atoms. The molecule has 120 valence electrons. The Morgan fingerprint density at radius 3 is 2.50 bits per heavy atom. The third-order valence-electron chi connectivity index (χ3n) is 3.56. The van der Waals surface area contributed by atoms with E-state index in [-0.39, 0.29) is 11.7 Å². The smallest absolute Gasteiger partial charge is 0.273 e. The summed E-state index contributed by atoms with van der Waals surface area (Å²) in [5.41, 5.74) is 1.85. The second-order valence-corrected chi connectivity index (χ2v) is 6.09. The summed E-state index contributed by atoms with van der Waals surface area (Å²) in [5, 5.41) is 6.77. The average Bonchev–Trinajstić information content (AvgIpc) is 3.02. The summed E-state index contributed by atoms with van der Waals surface area (Å²) in [6.07, 6.45) is 1.55. The Bertz CT molecular complexity index is 904. The molecule has 1 amide bonds. The fraction of sp³-hybridized carbons (Fsp3) is 0.0556. The number of benzene rings is 2. The molecule has 0 aliphatic carbocycles. The quantitative estimate of drug-likeness (QED) is 0.699. The summed E-state index contributed by atoms with van der Waals surface area (Å²) in [6.45, 7) is 0. The van der Waals surface area contributed by atoms with Gasteiger partial charge in [-0.25, -0.2) is 0 Å². The van der Waals surface area contributed by atoms with Gasteiger partial charge in [-0.2, -0.15) is 5.10 Å². The SMILES string of the molecule is Cn1nccc1C(=O)Nc1ccc(Br)cc1C(=O)c1ccccc1. The molecule has 2 aromatic carbocycles. The molecule has 0 saturated carbocycles. The molecule has 0 unspecified atom stereocenters. The van der Waals surface area contributed by atoms with E-state index in [0.29, 0.717) is 22.5 Å². The van der Waals surface area contributed by atoms with Gasteiger partial charge in [-0.15, -0.1) is 0 Å². The number of halogens is 1. The van der Waals surface area contributed by atoms with E-state index in [1.54, 1.807) is 61.8 Å². The first kappa shape index (κ1) is 16.1. The molecule has 0 spiro atoms. The van der Waals surface area contributed by atoms with Crippen molar-refractivity contribution in [3.8, 4) is 0 Å². The van der Waals surface area contributed by atoms with Crippen molar-refractivity contribution >= 4 is 33.3 Å². The maximum atomic E-state index is 12.8. The molecule has 5 nitrogen and oxygen atoms in total. The predicted octanol–water partition coefficient (Wildman–Crippen LogP) is 3.67. The lowest BCUT2D eigenvalue weighted by molar-refractivity contribution is 0.101. The largest absolute Gasteiger partial charge is 0.320 e. The van der Waals surface area contributed by atoms with Gasteiger partial charge in [0.2, 0.25) is 0 Å². The van der Waals surface area contributed by atoms with Crippen LogP contribution in [0.1, 0.15) is 26.4 Å². The Hall–Kier alpha value is -2.73. The standard InChI is InChI=1S/C18H14BrN3O2/c1-22-16(9-10-20-22)18(24)21-15-8-7-13(19)11-14(15)17(23)12-5-3-2-4-6-12/h2-11H,1H3,(H,21,24). The van der Waals surface area contributed by atoms with Crippen LogP contribution in [-0.4, -0.2) is 21.5 Å². The van der Waals surface area contributed by atoms with Crippen LogP contribution >= 0.6 is 15.9 Å². The van der Waals surface area contributed by atoms with Crippen LogP contribution in [0.5, 0.6) is 0 Å². The van der Waals surface area contributed by atoms with Gasteiger partial charge in [0.1, 0.15) is 5.69 Å². The molecule has 6 heteroatoms. The predicted molar refractivity (Wildman–Crippen MR) is 95.2 cm³/mol. The Balaban J connectivity index is 1.96. The molecule has 1 heterocycles. The molecule has 3 aromatic rings. The maximum absolute atomic E-state index is 12.8. The minimum atomic E-state index is -0.320. The van der Waals surface area contributed by atoms with E-state index in [1.807, 2.05) is 6.07 Å². The summed E-state index contributed by atoms with van der Waals surface area (Å²) in [6, 6.07) is 15.8. The summed E-state index contributed by atoms with van der Waals surface area (Å²) >= 11 is 3.37. The molecule has 1 N–H and O–H groups in total. The van der Waals surface area contributed by atoms with E-state index in [1.165, 1.54) is 4.68 Å². The van der Waals surface area contributed by atoms with Crippen molar-refractivity contribution in [3.05, 3.63) is 82.1 Å². The van der Waals surface area contributed by atoms with Gasteiger partial charge in [-0.05, 0) is 24.3 Å². The van der Waals surface area contributed by atoms with Crippen LogP contribution < -0.4 is 5.32 Å². The highest BCUT2D eigenvalue weighted by Crippen LogP contribution is 2.24. The number of hydrogen-bond donors (Lipinski definition) is 1. The Morgan fingerprint density at radius 2 is 1.83 bits per heavy atom. The van der Waals surface area contributed by atoms with Crippen molar-refractivity contribution in [2.75, 3.05) is 5.32 Å². The number of nitrogens with zero attached hydrogens (tertiary/aromatic N) is 2.